The quantitative estimate of drug-likeness (QED) is 0.331. The predicted octanol–water partition coefficient (Wildman–Crippen LogP) is 1.68. The van der Waals surface area contributed by atoms with Gasteiger partial charge in [0.2, 0.25) is 12.5 Å². The van der Waals surface area contributed by atoms with E-state index in [9.17, 15) is 4.79 Å². The SMILES string of the molecule is COc1c2c(cc3c1C(CC(=O)c1cc(Cl)ccc1Cl)[N+](C)(C)CC3)OCO2.[I-]. The molecule has 29 heavy (non-hydrogen) atoms. The molecule has 1 unspecified atom stereocenters. The van der Waals surface area contributed by atoms with Crippen LogP contribution in [-0.2, 0) is 6.42 Å². The van der Waals surface area contributed by atoms with Crippen molar-refractivity contribution < 1.29 is 47.5 Å². The van der Waals surface area contributed by atoms with Gasteiger partial charge >= 0.3 is 0 Å². The van der Waals surface area contributed by atoms with Gasteiger partial charge in [-0.25, -0.2) is 0 Å². The van der Waals surface area contributed by atoms with Gasteiger partial charge in [0.1, 0.15) is 6.04 Å². The number of benzene rings is 2. The van der Waals surface area contributed by atoms with Gasteiger partial charge in [0.05, 0.1) is 44.8 Å². The zero-order chi connectivity index (χ0) is 20.1. The minimum absolute atomic E-state index is 0. The number of hydrogen-bond acceptors (Lipinski definition) is 4. The van der Waals surface area contributed by atoms with Crippen LogP contribution in [0.1, 0.15) is 33.9 Å². The molecule has 4 rings (SSSR count). The normalized spacial score (nSPS) is 18.6. The number of nitrogens with zero attached hydrogens (tertiary/aromatic N) is 1. The van der Waals surface area contributed by atoms with Crippen molar-refractivity contribution in [3.63, 3.8) is 0 Å². The Balaban J connectivity index is 0.00000240. The number of carbonyl (C=O) groups excluding carboxylic acids is 1. The van der Waals surface area contributed by atoms with Gasteiger partial charge in [-0.15, -0.1) is 0 Å². The molecule has 2 aliphatic heterocycles. The number of ether oxygens (including phenoxy) is 3. The zero-order valence-corrected chi connectivity index (χ0v) is 20.1. The first-order valence-corrected chi connectivity index (χ1v) is 9.87. The van der Waals surface area contributed by atoms with Crippen molar-refractivity contribution in [2.45, 2.75) is 18.9 Å². The average Bonchev–Trinajstić information content (AvgIpc) is 3.12. The lowest BCUT2D eigenvalue weighted by Gasteiger charge is -2.43. The van der Waals surface area contributed by atoms with Crippen molar-refractivity contribution in [3.8, 4) is 17.2 Å². The van der Waals surface area contributed by atoms with E-state index in [1.54, 1.807) is 25.3 Å². The Bertz CT molecular complexity index is 964. The summed E-state index contributed by atoms with van der Waals surface area (Å²) in [6, 6.07) is 6.89. The maximum atomic E-state index is 13.2. The van der Waals surface area contributed by atoms with Gasteiger partial charge in [0, 0.05) is 17.0 Å². The monoisotopic (exact) mass is 549 g/mol. The smallest absolute Gasteiger partial charge is 0.231 e. The van der Waals surface area contributed by atoms with E-state index in [-0.39, 0.29) is 49.0 Å². The first-order chi connectivity index (χ1) is 13.3. The molecule has 0 N–H and O–H groups in total. The second-order valence-electron chi connectivity index (χ2n) is 7.74. The Morgan fingerprint density at radius 3 is 2.72 bits per heavy atom. The second kappa shape index (κ2) is 8.49. The number of hydrogen-bond donors (Lipinski definition) is 0. The minimum Gasteiger partial charge on any atom is -1.00 e. The summed E-state index contributed by atoms with van der Waals surface area (Å²) in [6.45, 7) is 1.07. The molecular weight excluding hydrogens is 528 g/mol. The summed E-state index contributed by atoms with van der Waals surface area (Å²) in [7, 11) is 5.88. The summed E-state index contributed by atoms with van der Waals surface area (Å²) in [5, 5.41) is 0.903. The van der Waals surface area contributed by atoms with E-state index < -0.39 is 0 Å². The lowest BCUT2D eigenvalue weighted by molar-refractivity contribution is -0.922. The van der Waals surface area contributed by atoms with Crippen LogP contribution in [0.3, 0.4) is 0 Å². The standard InChI is InChI=1S/C21H22Cl2NO4.HI/c1-24(2)7-6-12-8-18-20(28-11-27-18)21(26-3)19(12)16(24)10-17(25)14-9-13(22)4-5-15(14)23;/h4-5,8-9,16H,6-7,10-11H2,1-3H3;1H/q+1;/p-1. The molecule has 0 fully saturated rings. The van der Waals surface area contributed by atoms with E-state index in [0.717, 1.165) is 24.1 Å². The zero-order valence-electron chi connectivity index (χ0n) is 16.4. The molecule has 0 aromatic heterocycles. The molecule has 1 atom stereocenters. The molecule has 0 bridgehead atoms. The summed E-state index contributed by atoms with van der Waals surface area (Å²) < 4.78 is 17.6. The van der Waals surface area contributed by atoms with Gasteiger partial charge in [0.25, 0.3) is 0 Å². The van der Waals surface area contributed by atoms with Crippen LogP contribution in [0.25, 0.3) is 0 Å². The molecule has 2 aliphatic rings. The molecule has 156 valence electrons. The Hall–Kier alpha value is -1.22. The van der Waals surface area contributed by atoms with Crippen molar-refractivity contribution in [3.05, 3.63) is 51.0 Å². The summed E-state index contributed by atoms with van der Waals surface area (Å²) in [5.41, 5.74) is 2.59. The number of Topliss-reactive ketones (excluding diaryl/α,β-unsaturated/α-hetero) is 1. The van der Waals surface area contributed by atoms with Crippen LogP contribution >= 0.6 is 23.2 Å². The highest BCUT2D eigenvalue weighted by Gasteiger charge is 2.42. The van der Waals surface area contributed by atoms with Crippen molar-refractivity contribution in [1.29, 1.82) is 0 Å². The molecule has 0 radical (unpaired) electrons. The van der Waals surface area contributed by atoms with Crippen LogP contribution in [0.2, 0.25) is 10.0 Å². The molecule has 2 aromatic rings. The lowest BCUT2D eigenvalue weighted by Crippen LogP contribution is -3.00. The van der Waals surface area contributed by atoms with Crippen LogP contribution in [0, 0.1) is 0 Å². The molecule has 2 heterocycles. The maximum absolute atomic E-state index is 13.2. The second-order valence-corrected chi connectivity index (χ2v) is 8.58. The van der Waals surface area contributed by atoms with Crippen LogP contribution in [0.5, 0.6) is 17.2 Å². The Kier molecular flexibility index (Phi) is 6.58. The Labute approximate surface area is 197 Å². The molecule has 0 aliphatic carbocycles. The van der Waals surface area contributed by atoms with Crippen LogP contribution < -0.4 is 38.2 Å². The van der Waals surface area contributed by atoms with E-state index in [2.05, 4.69) is 14.1 Å². The molecule has 5 nitrogen and oxygen atoms in total. The van der Waals surface area contributed by atoms with Crippen LogP contribution in [0.15, 0.2) is 24.3 Å². The van der Waals surface area contributed by atoms with Crippen LogP contribution in [0.4, 0.5) is 0 Å². The van der Waals surface area contributed by atoms with Gasteiger partial charge in [-0.3, -0.25) is 4.79 Å². The third-order valence-electron chi connectivity index (χ3n) is 5.69. The molecular formula is C21H22Cl2INO4. The number of carbonyl (C=O) groups is 1. The largest absolute Gasteiger partial charge is 1.00 e. The fourth-order valence-corrected chi connectivity index (χ4v) is 4.51. The van der Waals surface area contributed by atoms with E-state index >= 15 is 0 Å². The van der Waals surface area contributed by atoms with E-state index in [4.69, 9.17) is 37.4 Å². The molecule has 0 amide bonds. The van der Waals surface area contributed by atoms with Crippen molar-refractivity contribution in [2.24, 2.45) is 0 Å². The highest BCUT2D eigenvalue weighted by Crippen LogP contribution is 2.51. The highest BCUT2D eigenvalue weighted by molar-refractivity contribution is 6.35. The number of halogens is 3. The predicted molar refractivity (Wildman–Crippen MR) is 108 cm³/mol. The van der Waals surface area contributed by atoms with E-state index in [1.165, 1.54) is 0 Å². The Morgan fingerprint density at radius 2 is 2.00 bits per heavy atom. The van der Waals surface area contributed by atoms with Crippen molar-refractivity contribution >= 4 is 29.0 Å². The van der Waals surface area contributed by atoms with Gasteiger partial charge in [-0.05, 0) is 29.8 Å². The number of likely N-dealkylation sites (N-methyl/N-ethyl adjacent to an activating group) is 1. The number of quaternary nitrogens is 1. The summed E-state index contributed by atoms with van der Waals surface area (Å²) in [6.07, 6.45) is 1.16. The molecule has 0 saturated heterocycles. The minimum atomic E-state index is -0.101. The van der Waals surface area contributed by atoms with Crippen molar-refractivity contribution in [1.82, 2.24) is 0 Å². The first-order valence-electron chi connectivity index (χ1n) is 9.12. The number of fused-ring (bicyclic) bond motifs is 2. The fourth-order valence-electron chi connectivity index (χ4n) is 4.11. The average molecular weight is 550 g/mol. The number of methoxy groups -OCH3 is 1. The van der Waals surface area contributed by atoms with E-state index in [0.29, 0.717) is 37.3 Å². The number of ketones is 1. The summed E-state index contributed by atoms with van der Waals surface area (Å²) >= 11 is 12.4. The van der Waals surface area contributed by atoms with Crippen LogP contribution in [-0.4, -0.2) is 44.8 Å². The maximum Gasteiger partial charge on any atom is 0.231 e. The van der Waals surface area contributed by atoms with E-state index in [1.807, 2.05) is 6.07 Å². The first kappa shape index (κ1) is 22.5. The summed E-state index contributed by atoms with van der Waals surface area (Å²) in [5.74, 6) is 1.93. The van der Waals surface area contributed by atoms with Gasteiger partial charge < -0.3 is 42.7 Å². The summed E-state index contributed by atoms with van der Waals surface area (Å²) in [4.78, 5) is 13.2. The molecule has 0 saturated carbocycles. The van der Waals surface area contributed by atoms with Gasteiger partial charge in [-0.1, -0.05) is 23.2 Å². The van der Waals surface area contributed by atoms with Crippen molar-refractivity contribution in [2.75, 3.05) is 34.5 Å². The lowest BCUT2D eigenvalue weighted by atomic mass is 9.86. The van der Waals surface area contributed by atoms with Gasteiger partial charge in [-0.2, -0.15) is 0 Å². The highest BCUT2D eigenvalue weighted by atomic mass is 127. The third kappa shape index (κ3) is 4.04. The fraction of sp³-hybridized carbons (Fsp3) is 0.381. The third-order valence-corrected chi connectivity index (χ3v) is 6.25. The van der Waals surface area contributed by atoms with Gasteiger partial charge in [0.15, 0.2) is 17.3 Å². The topological polar surface area (TPSA) is 44.8 Å². The molecule has 2 aromatic carbocycles. The molecule has 0 spiro atoms. The Morgan fingerprint density at radius 1 is 1.24 bits per heavy atom. The number of rotatable bonds is 4. The molecule has 8 heteroatoms.